The molecule has 1 N–H and O–H groups in total. The highest BCUT2D eigenvalue weighted by Gasteiger charge is 2.33. The number of rotatable bonds is 9. The molecule has 6 rings (SSSR count). The molecule has 4 aromatic rings. The molecule has 10 nitrogen and oxygen atoms in total. The molecule has 262 valence electrons. The lowest BCUT2D eigenvalue weighted by Crippen LogP contribution is -2.49. The Balaban J connectivity index is 1.26. The summed E-state index contributed by atoms with van der Waals surface area (Å²) in [5, 5.41) is 2.97. The third kappa shape index (κ3) is 7.64. The van der Waals surface area contributed by atoms with Crippen LogP contribution in [0.4, 0.5) is 19.3 Å². The molecule has 4 heterocycles. The molecule has 1 atom stereocenters. The number of aromatic nitrogens is 2. The number of amides is 2. The zero-order valence-electron chi connectivity index (χ0n) is 28.9. The third-order valence-corrected chi connectivity index (χ3v) is 8.78. The number of alkyl carbamates (subject to hydrolysis) is 1. The summed E-state index contributed by atoms with van der Waals surface area (Å²) in [7, 11) is 3.12. The summed E-state index contributed by atoms with van der Waals surface area (Å²) in [5.41, 5.74) is 3.03. The summed E-state index contributed by atoms with van der Waals surface area (Å²) in [5.74, 6) is -0.528. The number of ether oxygens (including phenoxy) is 3. The number of nitrogens with one attached hydrogen (secondary N) is 1. The van der Waals surface area contributed by atoms with E-state index in [1.54, 1.807) is 43.5 Å². The first-order valence-corrected chi connectivity index (χ1v) is 16.6. The standard InChI is InChI=1S/C38H41F2N5O5/c1-38(2,3)50-37(47)42-26-8-7-15-44(21-26)27-13-12-25(41-19-27)16-24-17-31(35-29(39)9-6-10-30(35)40)43-32-22-45(36(46)34(24)32)20-23-11-14-28(48-4)18-33(23)49-5/h6,9-14,17-19,26H,7-8,15-16,20-22H2,1-5H3,(H,42,47)/t26-/m1/s1. The fourth-order valence-electron chi connectivity index (χ4n) is 6.47. The number of piperidine rings is 1. The van der Waals surface area contributed by atoms with E-state index >= 15 is 0 Å². The van der Waals surface area contributed by atoms with Gasteiger partial charge in [0.15, 0.2) is 0 Å². The molecule has 1 saturated heterocycles. The van der Waals surface area contributed by atoms with E-state index in [1.807, 2.05) is 39.0 Å². The van der Waals surface area contributed by atoms with E-state index in [-0.39, 0.29) is 42.7 Å². The predicted octanol–water partition coefficient (Wildman–Crippen LogP) is 6.68. The van der Waals surface area contributed by atoms with Crippen LogP contribution in [0.15, 0.2) is 60.8 Å². The molecule has 0 radical (unpaired) electrons. The minimum Gasteiger partial charge on any atom is -0.497 e. The van der Waals surface area contributed by atoms with Crippen molar-refractivity contribution in [3.63, 3.8) is 0 Å². The van der Waals surface area contributed by atoms with E-state index in [1.165, 1.54) is 18.2 Å². The van der Waals surface area contributed by atoms with Crippen LogP contribution in [0.1, 0.15) is 66.5 Å². The van der Waals surface area contributed by atoms with Crippen LogP contribution in [0.5, 0.6) is 11.5 Å². The Bertz CT molecular complexity index is 1880. The van der Waals surface area contributed by atoms with E-state index in [9.17, 15) is 18.4 Å². The van der Waals surface area contributed by atoms with Crippen molar-refractivity contribution < 1.29 is 32.6 Å². The number of hydrogen-bond acceptors (Lipinski definition) is 8. The maximum atomic E-state index is 15.0. The van der Waals surface area contributed by atoms with Gasteiger partial charge in [0.05, 0.1) is 61.7 Å². The largest absolute Gasteiger partial charge is 0.497 e. The lowest BCUT2D eigenvalue weighted by atomic mass is 9.98. The first-order chi connectivity index (χ1) is 23.9. The van der Waals surface area contributed by atoms with E-state index < -0.39 is 23.3 Å². The van der Waals surface area contributed by atoms with Gasteiger partial charge in [0.1, 0.15) is 28.7 Å². The van der Waals surface area contributed by atoms with Gasteiger partial charge in [0.25, 0.3) is 5.91 Å². The summed E-state index contributed by atoms with van der Waals surface area (Å²) < 4.78 is 46.3. The monoisotopic (exact) mass is 685 g/mol. The molecule has 0 unspecified atom stereocenters. The van der Waals surface area contributed by atoms with Crippen molar-refractivity contribution in [1.29, 1.82) is 0 Å². The second-order valence-corrected chi connectivity index (χ2v) is 13.5. The molecule has 1 fully saturated rings. The number of anilines is 1. The van der Waals surface area contributed by atoms with E-state index in [0.29, 0.717) is 40.6 Å². The molecule has 0 saturated carbocycles. The molecule has 12 heteroatoms. The topological polar surface area (TPSA) is 106 Å². The highest BCUT2D eigenvalue weighted by Crippen LogP contribution is 2.35. The van der Waals surface area contributed by atoms with Crippen LogP contribution in [0.25, 0.3) is 11.3 Å². The summed E-state index contributed by atoms with van der Waals surface area (Å²) in [6.45, 7) is 7.30. The van der Waals surface area contributed by atoms with Crippen molar-refractivity contribution in [3.05, 3.63) is 101 Å². The Morgan fingerprint density at radius 1 is 1.00 bits per heavy atom. The van der Waals surface area contributed by atoms with Crippen molar-refractivity contribution in [3.8, 4) is 22.8 Å². The van der Waals surface area contributed by atoms with Crippen molar-refractivity contribution in [1.82, 2.24) is 20.2 Å². The van der Waals surface area contributed by atoms with Gasteiger partial charge in [-0.15, -0.1) is 0 Å². The van der Waals surface area contributed by atoms with Crippen LogP contribution in [-0.2, 0) is 24.2 Å². The Hall–Kier alpha value is -5.26. The normalized spacial score (nSPS) is 15.9. The summed E-state index contributed by atoms with van der Waals surface area (Å²) >= 11 is 0. The average molecular weight is 686 g/mol. The van der Waals surface area contributed by atoms with Crippen molar-refractivity contribution in [2.75, 3.05) is 32.2 Å². The Morgan fingerprint density at radius 2 is 1.78 bits per heavy atom. The van der Waals surface area contributed by atoms with Crippen LogP contribution in [0.3, 0.4) is 0 Å². The number of pyridine rings is 2. The van der Waals surface area contributed by atoms with Gasteiger partial charge in [0, 0.05) is 42.9 Å². The minimum atomic E-state index is -0.740. The SMILES string of the molecule is COc1ccc(CN2Cc3nc(-c4c(F)cccc4F)cc(Cc4ccc(N5CCC[C@@H](NC(=O)OC(C)(C)C)C5)cn4)c3C2=O)c(OC)c1. The molecule has 0 aliphatic carbocycles. The first kappa shape index (κ1) is 34.6. The maximum absolute atomic E-state index is 15.0. The zero-order valence-corrected chi connectivity index (χ0v) is 28.9. The number of benzene rings is 2. The van der Waals surface area contributed by atoms with Gasteiger partial charge in [-0.05, 0) is 81.6 Å². The number of methoxy groups -OCH3 is 2. The Kier molecular flexibility index (Phi) is 9.90. The smallest absolute Gasteiger partial charge is 0.407 e. The molecule has 50 heavy (non-hydrogen) atoms. The van der Waals surface area contributed by atoms with Crippen molar-refractivity contribution in [2.24, 2.45) is 0 Å². The van der Waals surface area contributed by atoms with Crippen molar-refractivity contribution in [2.45, 2.75) is 64.8 Å². The molecule has 2 aromatic heterocycles. The second-order valence-electron chi connectivity index (χ2n) is 13.5. The fraction of sp³-hybridized carbons (Fsp3) is 0.368. The Morgan fingerprint density at radius 3 is 2.46 bits per heavy atom. The van der Waals surface area contributed by atoms with Gasteiger partial charge in [-0.25, -0.2) is 18.6 Å². The third-order valence-electron chi connectivity index (χ3n) is 8.78. The molecule has 2 aliphatic rings. The van der Waals surface area contributed by atoms with Crippen molar-refractivity contribution >= 4 is 17.7 Å². The number of fused-ring (bicyclic) bond motifs is 1. The Labute approximate surface area is 290 Å². The molecule has 2 aliphatic heterocycles. The van der Waals surface area contributed by atoms with Crippen LogP contribution in [0, 0.1) is 11.6 Å². The van der Waals surface area contributed by atoms with Gasteiger partial charge < -0.3 is 29.3 Å². The first-order valence-electron chi connectivity index (χ1n) is 16.6. The van der Waals surface area contributed by atoms with E-state index in [4.69, 9.17) is 19.2 Å². The van der Waals surface area contributed by atoms with Crippen LogP contribution in [-0.4, -0.2) is 65.8 Å². The number of carbonyl (C=O) groups excluding carboxylic acids is 2. The van der Waals surface area contributed by atoms with E-state index in [0.717, 1.165) is 30.6 Å². The van der Waals surface area contributed by atoms with Crippen LogP contribution >= 0.6 is 0 Å². The molecule has 0 bridgehead atoms. The average Bonchev–Trinajstić information content (AvgIpc) is 3.39. The van der Waals surface area contributed by atoms with E-state index in [2.05, 4.69) is 15.2 Å². The van der Waals surface area contributed by atoms with Gasteiger partial charge in [0.2, 0.25) is 0 Å². The molecular weight excluding hydrogens is 644 g/mol. The van der Waals surface area contributed by atoms with Gasteiger partial charge in [-0.1, -0.05) is 6.07 Å². The number of hydrogen-bond donors (Lipinski definition) is 1. The zero-order chi connectivity index (χ0) is 35.6. The highest BCUT2D eigenvalue weighted by molar-refractivity contribution is 5.99. The number of halogens is 2. The molecule has 0 spiro atoms. The summed E-state index contributed by atoms with van der Waals surface area (Å²) in [6.07, 6.45) is 3.31. The van der Waals surface area contributed by atoms with Gasteiger partial charge in [-0.2, -0.15) is 0 Å². The molecular formula is C38H41F2N5O5. The van der Waals surface area contributed by atoms with Crippen LogP contribution in [0.2, 0.25) is 0 Å². The fourth-order valence-corrected chi connectivity index (χ4v) is 6.47. The van der Waals surface area contributed by atoms with Gasteiger partial charge in [-0.3, -0.25) is 9.78 Å². The lowest BCUT2D eigenvalue weighted by Gasteiger charge is -2.35. The number of carbonyl (C=O) groups is 2. The van der Waals surface area contributed by atoms with Crippen LogP contribution < -0.4 is 19.7 Å². The quantitative estimate of drug-likeness (QED) is 0.208. The maximum Gasteiger partial charge on any atom is 0.407 e. The summed E-state index contributed by atoms with van der Waals surface area (Å²) in [4.78, 5) is 39.5. The highest BCUT2D eigenvalue weighted by atomic mass is 19.1. The predicted molar refractivity (Wildman–Crippen MR) is 184 cm³/mol. The second kappa shape index (κ2) is 14.3. The lowest BCUT2D eigenvalue weighted by molar-refractivity contribution is 0.0499. The van der Waals surface area contributed by atoms with Gasteiger partial charge >= 0.3 is 6.09 Å². The molecule has 2 amide bonds. The summed E-state index contributed by atoms with van der Waals surface area (Å²) in [6, 6.07) is 14.4. The molecule has 2 aromatic carbocycles. The minimum absolute atomic E-state index is 0.0678. The number of nitrogens with zero attached hydrogens (tertiary/aromatic N) is 4.